The summed E-state index contributed by atoms with van der Waals surface area (Å²) in [5.74, 6) is 0.0965. The number of anilines is 1. The van der Waals surface area contributed by atoms with Gasteiger partial charge in [0.1, 0.15) is 5.52 Å². The van der Waals surface area contributed by atoms with E-state index in [9.17, 15) is 9.59 Å². The number of fused-ring (bicyclic) bond motifs is 2. The van der Waals surface area contributed by atoms with Crippen LogP contribution in [0.25, 0.3) is 11.0 Å². The predicted octanol–water partition coefficient (Wildman–Crippen LogP) is 2.79. The lowest BCUT2D eigenvalue weighted by atomic mass is 10.1. The van der Waals surface area contributed by atoms with Crippen LogP contribution in [0.1, 0.15) is 23.2 Å². The third kappa shape index (κ3) is 3.14. The molecule has 6 nitrogen and oxygen atoms in total. The fraction of sp³-hybridized carbons (Fsp3) is 0.316. The Morgan fingerprint density at radius 1 is 1.31 bits per heavy atom. The Balaban J connectivity index is 1.47. The Bertz CT molecular complexity index is 1070. The zero-order valence-electron chi connectivity index (χ0n) is 14.8. The van der Waals surface area contributed by atoms with Crippen molar-refractivity contribution in [1.29, 1.82) is 0 Å². The summed E-state index contributed by atoms with van der Waals surface area (Å²) in [5.41, 5.74) is 5.42. The number of hydrogen-bond acceptors (Lipinski definition) is 4. The van der Waals surface area contributed by atoms with Crippen molar-refractivity contribution in [3.63, 3.8) is 0 Å². The Morgan fingerprint density at radius 3 is 2.96 bits per heavy atom. The minimum atomic E-state index is -0.135. The second-order valence-electron chi connectivity index (χ2n) is 6.65. The summed E-state index contributed by atoms with van der Waals surface area (Å²) in [4.78, 5) is 32.2. The lowest BCUT2D eigenvalue weighted by molar-refractivity contribution is -0.113. The van der Waals surface area contributed by atoms with Gasteiger partial charge in [-0.1, -0.05) is 17.8 Å². The zero-order chi connectivity index (χ0) is 18.3. The van der Waals surface area contributed by atoms with Crippen LogP contribution in [0.3, 0.4) is 0 Å². The molecule has 4 rings (SSSR count). The maximum Gasteiger partial charge on any atom is 0.278 e. The molecule has 1 aliphatic carbocycles. The van der Waals surface area contributed by atoms with Crippen molar-refractivity contribution in [2.75, 3.05) is 11.1 Å². The highest BCUT2D eigenvalue weighted by Gasteiger charge is 2.14. The second kappa shape index (κ2) is 6.64. The average molecular weight is 368 g/mol. The smallest absolute Gasteiger partial charge is 0.278 e. The standard InChI is InChI=1S/C19H20N4O2S/c1-11-8-15-17(20-11)18(25)23(2)19(22-15)26-10-16(24)21-14-7-6-12-4-3-5-13(12)9-14/h6-9,20H,3-5,10H2,1-2H3,(H,21,24). The van der Waals surface area contributed by atoms with E-state index >= 15 is 0 Å². The van der Waals surface area contributed by atoms with Crippen LogP contribution in [0.5, 0.6) is 0 Å². The van der Waals surface area contributed by atoms with E-state index in [0.717, 1.165) is 24.2 Å². The molecule has 0 radical (unpaired) electrons. The van der Waals surface area contributed by atoms with Crippen LogP contribution in [0, 0.1) is 6.92 Å². The molecule has 0 aliphatic heterocycles. The number of aromatic amines is 1. The average Bonchev–Trinajstić information content (AvgIpc) is 3.22. The molecule has 0 bridgehead atoms. The van der Waals surface area contributed by atoms with Gasteiger partial charge in [0.05, 0.1) is 11.3 Å². The fourth-order valence-electron chi connectivity index (χ4n) is 3.36. The van der Waals surface area contributed by atoms with Crippen LogP contribution >= 0.6 is 11.8 Å². The molecular weight excluding hydrogens is 348 g/mol. The summed E-state index contributed by atoms with van der Waals surface area (Å²) in [6.45, 7) is 1.89. The van der Waals surface area contributed by atoms with E-state index in [-0.39, 0.29) is 17.2 Å². The Hall–Kier alpha value is -2.54. The summed E-state index contributed by atoms with van der Waals surface area (Å²) in [7, 11) is 1.67. The molecular formula is C19H20N4O2S. The first-order chi connectivity index (χ1) is 12.5. The second-order valence-corrected chi connectivity index (χ2v) is 7.59. The van der Waals surface area contributed by atoms with Gasteiger partial charge in [0.15, 0.2) is 5.16 Å². The first-order valence-corrected chi connectivity index (χ1v) is 9.60. The number of carbonyl (C=O) groups is 1. The molecule has 7 heteroatoms. The van der Waals surface area contributed by atoms with E-state index in [4.69, 9.17) is 0 Å². The van der Waals surface area contributed by atoms with E-state index in [0.29, 0.717) is 16.2 Å². The van der Waals surface area contributed by atoms with E-state index in [1.165, 1.54) is 33.9 Å². The van der Waals surface area contributed by atoms with E-state index in [1.54, 1.807) is 7.05 Å². The van der Waals surface area contributed by atoms with E-state index < -0.39 is 0 Å². The molecule has 0 unspecified atom stereocenters. The highest BCUT2D eigenvalue weighted by molar-refractivity contribution is 7.99. The lowest BCUT2D eigenvalue weighted by Crippen LogP contribution is -2.21. The normalized spacial score (nSPS) is 13.2. The van der Waals surface area contributed by atoms with Crippen LogP contribution in [-0.4, -0.2) is 26.2 Å². The van der Waals surface area contributed by atoms with Gasteiger partial charge >= 0.3 is 0 Å². The monoisotopic (exact) mass is 368 g/mol. The number of H-pyrrole nitrogens is 1. The first kappa shape index (κ1) is 16.9. The molecule has 2 heterocycles. The van der Waals surface area contributed by atoms with Gasteiger partial charge in [-0.3, -0.25) is 14.2 Å². The number of carbonyl (C=O) groups excluding carboxylic acids is 1. The number of nitrogens with zero attached hydrogens (tertiary/aromatic N) is 2. The summed E-state index contributed by atoms with van der Waals surface area (Å²) < 4.78 is 1.48. The quantitative estimate of drug-likeness (QED) is 0.548. The molecule has 26 heavy (non-hydrogen) atoms. The maximum absolute atomic E-state index is 12.4. The van der Waals surface area contributed by atoms with Gasteiger partial charge in [0.25, 0.3) is 5.56 Å². The number of amides is 1. The van der Waals surface area contributed by atoms with Crippen LogP contribution in [0.2, 0.25) is 0 Å². The number of aryl methyl sites for hydroxylation is 3. The van der Waals surface area contributed by atoms with Gasteiger partial charge in [0.2, 0.25) is 5.91 Å². The molecule has 0 spiro atoms. The van der Waals surface area contributed by atoms with Crippen molar-refractivity contribution in [3.8, 4) is 0 Å². The van der Waals surface area contributed by atoms with Crippen LogP contribution < -0.4 is 10.9 Å². The third-order valence-electron chi connectivity index (χ3n) is 4.67. The molecule has 2 N–H and O–H groups in total. The highest BCUT2D eigenvalue weighted by Crippen LogP contribution is 2.25. The number of hydrogen-bond donors (Lipinski definition) is 2. The number of benzene rings is 1. The van der Waals surface area contributed by atoms with Gasteiger partial charge in [-0.15, -0.1) is 0 Å². The predicted molar refractivity (Wildman–Crippen MR) is 104 cm³/mol. The molecule has 1 amide bonds. The van der Waals surface area contributed by atoms with Crippen molar-refractivity contribution in [1.82, 2.24) is 14.5 Å². The summed E-state index contributed by atoms with van der Waals surface area (Å²) in [6.07, 6.45) is 3.39. The summed E-state index contributed by atoms with van der Waals surface area (Å²) in [5, 5.41) is 3.47. The lowest BCUT2D eigenvalue weighted by Gasteiger charge is -2.09. The van der Waals surface area contributed by atoms with Crippen molar-refractivity contribution in [3.05, 3.63) is 51.4 Å². The minimum absolute atomic E-state index is 0.104. The number of rotatable bonds is 4. The van der Waals surface area contributed by atoms with Gasteiger partial charge in [0, 0.05) is 18.4 Å². The molecule has 1 aromatic carbocycles. The molecule has 2 aromatic heterocycles. The number of thioether (sulfide) groups is 1. The van der Waals surface area contributed by atoms with Crippen molar-refractivity contribution >= 4 is 34.4 Å². The minimum Gasteiger partial charge on any atom is -0.353 e. The molecule has 0 saturated carbocycles. The topological polar surface area (TPSA) is 79.8 Å². The van der Waals surface area contributed by atoms with E-state index in [1.807, 2.05) is 19.1 Å². The maximum atomic E-state index is 12.4. The fourth-order valence-corrected chi connectivity index (χ4v) is 4.14. The Kier molecular flexibility index (Phi) is 4.32. The zero-order valence-corrected chi connectivity index (χ0v) is 15.6. The van der Waals surface area contributed by atoms with Crippen LogP contribution in [0.15, 0.2) is 34.2 Å². The molecule has 0 atom stereocenters. The summed E-state index contributed by atoms with van der Waals surface area (Å²) >= 11 is 1.26. The first-order valence-electron chi connectivity index (χ1n) is 8.62. The van der Waals surface area contributed by atoms with Gasteiger partial charge in [-0.05, 0) is 55.5 Å². The molecule has 134 valence electrons. The SMILES string of the molecule is Cc1cc2nc(SCC(=O)Nc3ccc4c(c3)CCC4)n(C)c(=O)c2[nH]1. The third-order valence-corrected chi connectivity index (χ3v) is 5.70. The van der Waals surface area contributed by atoms with Gasteiger partial charge in [-0.25, -0.2) is 4.98 Å². The molecule has 3 aromatic rings. The van der Waals surface area contributed by atoms with Crippen molar-refractivity contribution in [2.45, 2.75) is 31.3 Å². The van der Waals surface area contributed by atoms with Crippen molar-refractivity contribution in [2.24, 2.45) is 7.05 Å². The number of nitrogens with one attached hydrogen (secondary N) is 2. The van der Waals surface area contributed by atoms with Gasteiger partial charge in [-0.2, -0.15) is 0 Å². The van der Waals surface area contributed by atoms with E-state index in [2.05, 4.69) is 27.4 Å². The summed E-state index contributed by atoms with van der Waals surface area (Å²) in [6, 6.07) is 7.95. The van der Waals surface area contributed by atoms with Crippen LogP contribution in [-0.2, 0) is 24.7 Å². The molecule has 1 aliphatic rings. The Labute approximate surface area is 155 Å². The van der Waals surface area contributed by atoms with Crippen LogP contribution in [0.4, 0.5) is 5.69 Å². The molecule has 0 fully saturated rings. The molecule has 0 saturated heterocycles. The number of aromatic nitrogens is 3. The van der Waals surface area contributed by atoms with Gasteiger partial charge < -0.3 is 10.3 Å². The largest absolute Gasteiger partial charge is 0.353 e. The van der Waals surface area contributed by atoms with Crippen molar-refractivity contribution < 1.29 is 4.79 Å². The Morgan fingerprint density at radius 2 is 2.12 bits per heavy atom. The highest BCUT2D eigenvalue weighted by atomic mass is 32.2.